The minimum atomic E-state index is -3.00. The van der Waals surface area contributed by atoms with Gasteiger partial charge >= 0.3 is 0 Å². The van der Waals surface area contributed by atoms with E-state index in [1.807, 2.05) is 12.1 Å². The molecule has 1 aliphatic rings. The van der Waals surface area contributed by atoms with Gasteiger partial charge in [-0.2, -0.15) is 0 Å². The summed E-state index contributed by atoms with van der Waals surface area (Å²) in [4.78, 5) is 2.14. The Balaban J connectivity index is 2.29. The minimum absolute atomic E-state index is 0.197. The Bertz CT molecular complexity index is 540. The highest BCUT2D eigenvalue weighted by Gasteiger charge is 2.32. The number of nitrogens with zero attached hydrogens (tertiary/aromatic N) is 1. The monoisotopic (exact) mass is 268 g/mol. The molecule has 2 rings (SSSR count). The normalized spacial score (nSPS) is 23.1. The van der Waals surface area contributed by atoms with E-state index in [0.717, 1.165) is 5.69 Å². The summed E-state index contributed by atoms with van der Waals surface area (Å²) in [6.07, 6.45) is 0. The lowest BCUT2D eigenvalue weighted by Gasteiger charge is -2.34. The zero-order valence-corrected chi connectivity index (χ0v) is 11.7. The molecule has 1 heterocycles. The molecule has 0 radical (unpaired) electrons. The molecule has 4 nitrogen and oxygen atoms in total. The molecule has 5 heteroatoms. The van der Waals surface area contributed by atoms with Gasteiger partial charge in [0, 0.05) is 25.3 Å². The van der Waals surface area contributed by atoms with Crippen molar-refractivity contribution in [2.24, 2.45) is 5.73 Å². The molecule has 0 amide bonds. The zero-order chi connectivity index (χ0) is 13.3. The van der Waals surface area contributed by atoms with Gasteiger partial charge in [-0.05, 0) is 31.0 Å². The molecule has 1 fully saturated rings. The smallest absolute Gasteiger partial charge is 0.157 e. The first-order valence-electron chi connectivity index (χ1n) is 6.18. The summed E-state index contributed by atoms with van der Waals surface area (Å²) in [5.41, 5.74) is 9.15. The molecule has 1 unspecified atom stereocenters. The number of hydrogen-bond donors (Lipinski definition) is 1. The van der Waals surface area contributed by atoms with Gasteiger partial charge in [-0.3, -0.25) is 0 Å². The SMILES string of the molecule is Cc1cccc(N2CCS(=O)(=O)C(CN)C2)c1C. The third kappa shape index (κ3) is 2.37. The van der Waals surface area contributed by atoms with E-state index in [1.54, 1.807) is 0 Å². The van der Waals surface area contributed by atoms with E-state index in [1.165, 1.54) is 11.1 Å². The number of anilines is 1. The first-order chi connectivity index (χ1) is 8.45. The molecule has 0 bridgehead atoms. The molecule has 1 aliphatic heterocycles. The van der Waals surface area contributed by atoms with Gasteiger partial charge in [0.25, 0.3) is 0 Å². The van der Waals surface area contributed by atoms with Crippen LogP contribution in [0.15, 0.2) is 18.2 Å². The van der Waals surface area contributed by atoms with Gasteiger partial charge in [-0.25, -0.2) is 8.42 Å². The van der Waals surface area contributed by atoms with Gasteiger partial charge in [0.15, 0.2) is 9.84 Å². The lowest BCUT2D eigenvalue weighted by Crippen LogP contribution is -2.50. The standard InChI is InChI=1S/C13H20N2O2S/c1-10-4-3-5-13(11(10)2)15-6-7-18(16,17)12(8-14)9-15/h3-5,12H,6-9,14H2,1-2H3. The van der Waals surface area contributed by atoms with Crippen molar-refractivity contribution < 1.29 is 8.42 Å². The van der Waals surface area contributed by atoms with Crippen molar-refractivity contribution in [1.29, 1.82) is 0 Å². The maximum Gasteiger partial charge on any atom is 0.157 e. The van der Waals surface area contributed by atoms with Crippen LogP contribution in [0.5, 0.6) is 0 Å². The summed E-state index contributed by atoms with van der Waals surface area (Å²) in [6, 6.07) is 6.13. The molecule has 1 aromatic carbocycles. The predicted octanol–water partition coefficient (Wildman–Crippen LogP) is 0.866. The quantitative estimate of drug-likeness (QED) is 0.864. The molecule has 1 saturated heterocycles. The van der Waals surface area contributed by atoms with Crippen molar-refractivity contribution in [3.8, 4) is 0 Å². The van der Waals surface area contributed by atoms with Crippen LogP contribution in [-0.2, 0) is 9.84 Å². The Morgan fingerprint density at radius 3 is 2.78 bits per heavy atom. The van der Waals surface area contributed by atoms with Gasteiger partial charge in [0.2, 0.25) is 0 Å². The Kier molecular flexibility index (Phi) is 3.64. The van der Waals surface area contributed by atoms with E-state index in [-0.39, 0.29) is 12.3 Å². The van der Waals surface area contributed by atoms with Crippen molar-refractivity contribution in [1.82, 2.24) is 0 Å². The van der Waals surface area contributed by atoms with Crippen molar-refractivity contribution in [2.45, 2.75) is 19.1 Å². The molecule has 18 heavy (non-hydrogen) atoms. The zero-order valence-electron chi connectivity index (χ0n) is 10.9. The summed E-state index contributed by atoms with van der Waals surface area (Å²) in [7, 11) is -3.00. The number of nitrogens with two attached hydrogens (primary N) is 1. The third-order valence-electron chi connectivity index (χ3n) is 3.76. The van der Waals surface area contributed by atoms with Crippen LogP contribution in [0.3, 0.4) is 0 Å². The fourth-order valence-corrected chi connectivity index (χ4v) is 3.88. The van der Waals surface area contributed by atoms with Crippen molar-refractivity contribution >= 4 is 15.5 Å². The molecular weight excluding hydrogens is 248 g/mol. The van der Waals surface area contributed by atoms with Crippen LogP contribution in [0, 0.1) is 13.8 Å². The first kappa shape index (κ1) is 13.4. The fraction of sp³-hybridized carbons (Fsp3) is 0.538. The second-order valence-corrected chi connectivity index (χ2v) is 7.29. The van der Waals surface area contributed by atoms with Crippen LogP contribution < -0.4 is 10.6 Å². The second-order valence-electron chi connectivity index (χ2n) is 4.89. The molecule has 1 atom stereocenters. The summed E-state index contributed by atoms with van der Waals surface area (Å²) in [5.74, 6) is 0.197. The Morgan fingerprint density at radius 2 is 2.11 bits per heavy atom. The van der Waals surface area contributed by atoms with E-state index in [4.69, 9.17) is 5.73 Å². The van der Waals surface area contributed by atoms with Crippen molar-refractivity contribution in [2.75, 3.05) is 30.3 Å². The molecule has 0 aromatic heterocycles. The molecule has 0 saturated carbocycles. The molecular formula is C13H20N2O2S. The highest BCUT2D eigenvalue weighted by atomic mass is 32.2. The molecule has 1 aromatic rings. The van der Waals surface area contributed by atoms with Gasteiger partial charge in [-0.1, -0.05) is 12.1 Å². The van der Waals surface area contributed by atoms with E-state index < -0.39 is 15.1 Å². The van der Waals surface area contributed by atoms with E-state index >= 15 is 0 Å². The third-order valence-corrected chi connectivity index (χ3v) is 5.87. The first-order valence-corrected chi connectivity index (χ1v) is 7.90. The minimum Gasteiger partial charge on any atom is -0.369 e. The largest absolute Gasteiger partial charge is 0.369 e. The molecule has 2 N–H and O–H groups in total. The molecule has 0 spiro atoms. The number of sulfone groups is 1. The number of aryl methyl sites for hydroxylation is 1. The summed E-state index contributed by atoms with van der Waals surface area (Å²) in [5, 5.41) is -0.439. The topological polar surface area (TPSA) is 63.4 Å². The van der Waals surface area contributed by atoms with Crippen LogP contribution in [0.1, 0.15) is 11.1 Å². The van der Waals surface area contributed by atoms with Crippen LogP contribution in [-0.4, -0.2) is 39.1 Å². The number of benzene rings is 1. The predicted molar refractivity (Wildman–Crippen MR) is 74.8 cm³/mol. The van der Waals surface area contributed by atoms with Gasteiger partial charge in [-0.15, -0.1) is 0 Å². The highest BCUT2D eigenvalue weighted by molar-refractivity contribution is 7.92. The van der Waals surface area contributed by atoms with E-state index in [9.17, 15) is 8.42 Å². The number of hydrogen-bond acceptors (Lipinski definition) is 4. The Hall–Kier alpha value is -1.07. The average Bonchev–Trinajstić information content (AvgIpc) is 2.33. The summed E-state index contributed by atoms with van der Waals surface area (Å²) >= 11 is 0. The van der Waals surface area contributed by atoms with Gasteiger partial charge < -0.3 is 10.6 Å². The van der Waals surface area contributed by atoms with Crippen molar-refractivity contribution in [3.63, 3.8) is 0 Å². The number of rotatable bonds is 2. The summed E-state index contributed by atoms with van der Waals surface area (Å²) < 4.78 is 23.7. The van der Waals surface area contributed by atoms with E-state index in [0.29, 0.717) is 13.1 Å². The fourth-order valence-electron chi connectivity index (χ4n) is 2.37. The van der Waals surface area contributed by atoms with Crippen LogP contribution in [0.25, 0.3) is 0 Å². The van der Waals surface area contributed by atoms with Crippen molar-refractivity contribution in [3.05, 3.63) is 29.3 Å². The average molecular weight is 268 g/mol. The van der Waals surface area contributed by atoms with E-state index in [2.05, 4.69) is 24.8 Å². The van der Waals surface area contributed by atoms with Crippen LogP contribution in [0.4, 0.5) is 5.69 Å². The summed E-state index contributed by atoms with van der Waals surface area (Å²) in [6.45, 7) is 5.40. The molecule has 100 valence electrons. The molecule has 0 aliphatic carbocycles. The Labute approximate surface area is 109 Å². The van der Waals surface area contributed by atoms with Gasteiger partial charge in [0.05, 0.1) is 11.0 Å². The maximum atomic E-state index is 11.8. The Morgan fingerprint density at radius 1 is 1.39 bits per heavy atom. The maximum absolute atomic E-state index is 11.8. The van der Waals surface area contributed by atoms with Crippen LogP contribution in [0.2, 0.25) is 0 Å². The lowest BCUT2D eigenvalue weighted by molar-refractivity contribution is 0.563. The van der Waals surface area contributed by atoms with Crippen LogP contribution >= 0.6 is 0 Å². The highest BCUT2D eigenvalue weighted by Crippen LogP contribution is 2.25. The second kappa shape index (κ2) is 4.90. The lowest BCUT2D eigenvalue weighted by atomic mass is 10.1. The van der Waals surface area contributed by atoms with Gasteiger partial charge in [0.1, 0.15) is 0 Å².